The van der Waals surface area contributed by atoms with E-state index >= 15 is 0 Å². The number of carbonyl (C=O) groups excluding carboxylic acids is 1. The first-order valence-corrected chi connectivity index (χ1v) is 5.44. The van der Waals surface area contributed by atoms with Crippen LogP contribution in [0.2, 0.25) is 0 Å². The average molecular weight is 225 g/mol. The molecule has 1 aliphatic heterocycles. The van der Waals surface area contributed by atoms with Gasteiger partial charge in [0.25, 0.3) is 0 Å². The molecule has 0 spiro atoms. The van der Waals surface area contributed by atoms with Crippen molar-refractivity contribution >= 4 is 11.9 Å². The molecule has 1 heterocycles. The Kier molecular flexibility index (Phi) is 2.96. The third-order valence-corrected chi connectivity index (χ3v) is 3.24. The lowest BCUT2D eigenvalue weighted by atomic mass is 9.81. The predicted octanol–water partition coefficient (Wildman–Crippen LogP) is -0.144. The SMILES string of the molecule is O=C(O)C1CC=CCC1C(=O)N1CC(O)C1. The maximum atomic E-state index is 12.0. The summed E-state index contributed by atoms with van der Waals surface area (Å²) in [6.07, 6.45) is 4.14. The van der Waals surface area contributed by atoms with E-state index < -0.39 is 23.9 Å². The second-order valence-corrected chi connectivity index (χ2v) is 4.39. The molecule has 2 rings (SSSR count). The molecule has 1 fully saturated rings. The van der Waals surface area contributed by atoms with Gasteiger partial charge in [-0.25, -0.2) is 0 Å². The summed E-state index contributed by atoms with van der Waals surface area (Å²) in [5.74, 6) is -2.13. The summed E-state index contributed by atoms with van der Waals surface area (Å²) >= 11 is 0. The fourth-order valence-electron chi connectivity index (χ4n) is 2.23. The normalized spacial score (nSPS) is 29.9. The van der Waals surface area contributed by atoms with Gasteiger partial charge in [0, 0.05) is 13.1 Å². The molecule has 2 aliphatic rings. The van der Waals surface area contributed by atoms with Crippen LogP contribution in [0.5, 0.6) is 0 Å². The van der Waals surface area contributed by atoms with Crippen molar-refractivity contribution in [2.45, 2.75) is 18.9 Å². The van der Waals surface area contributed by atoms with Crippen molar-refractivity contribution in [1.82, 2.24) is 4.90 Å². The van der Waals surface area contributed by atoms with Crippen molar-refractivity contribution in [3.05, 3.63) is 12.2 Å². The Balaban J connectivity index is 2.03. The second-order valence-electron chi connectivity index (χ2n) is 4.39. The molecule has 16 heavy (non-hydrogen) atoms. The van der Waals surface area contributed by atoms with Crippen LogP contribution in [0.4, 0.5) is 0 Å². The highest BCUT2D eigenvalue weighted by Crippen LogP contribution is 2.29. The van der Waals surface area contributed by atoms with Crippen molar-refractivity contribution in [3.63, 3.8) is 0 Å². The van der Waals surface area contributed by atoms with Crippen LogP contribution < -0.4 is 0 Å². The zero-order valence-electron chi connectivity index (χ0n) is 8.87. The van der Waals surface area contributed by atoms with Crippen molar-refractivity contribution in [3.8, 4) is 0 Å². The summed E-state index contributed by atoms with van der Waals surface area (Å²) in [5.41, 5.74) is 0. The van der Waals surface area contributed by atoms with Crippen LogP contribution in [0.25, 0.3) is 0 Å². The summed E-state index contributed by atoms with van der Waals surface area (Å²) in [6.45, 7) is 0.677. The molecular formula is C11H15NO4. The van der Waals surface area contributed by atoms with E-state index in [1.54, 1.807) is 0 Å². The van der Waals surface area contributed by atoms with Gasteiger partial charge in [-0.2, -0.15) is 0 Å². The number of amides is 1. The number of aliphatic hydroxyl groups excluding tert-OH is 1. The molecule has 5 heteroatoms. The Morgan fingerprint density at radius 2 is 1.69 bits per heavy atom. The van der Waals surface area contributed by atoms with Crippen LogP contribution >= 0.6 is 0 Å². The zero-order valence-corrected chi connectivity index (χ0v) is 8.87. The van der Waals surface area contributed by atoms with Gasteiger partial charge in [0.15, 0.2) is 0 Å². The Morgan fingerprint density at radius 1 is 1.12 bits per heavy atom. The lowest BCUT2D eigenvalue weighted by Gasteiger charge is -2.39. The molecule has 88 valence electrons. The summed E-state index contributed by atoms with van der Waals surface area (Å²) < 4.78 is 0. The lowest BCUT2D eigenvalue weighted by Crippen LogP contribution is -2.56. The Bertz CT molecular complexity index is 333. The van der Waals surface area contributed by atoms with Gasteiger partial charge in [-0.15, -0.1) is 0 Å². The number of aliphatic hydroxyl groups is 1. The monoisotopic (exact) mass is 225 g/mol. The summed E-state index contributed by atoms with van der Waals surface area (Å²) in [5, 5.41) is 18.1. The number of carboxylic acid groups (broad SMARTS) is 1. The van der Waals surface area contributed by atoms with E-state index in [1.165, 1.54) is 4.90 Å². The van der Waals surface area contributed by atoms with E-state index in [9.17, 15) is 9.59 Å². The van der Waals surface area contributed by atoms with Crippen molar-refractivity contribution in [1.29, 1.82) is 0 Å². The topological polar surface area (TPSA) is 77.8 Å². The molecule has 0 saturated carbocycles. The summed E-state index contributed by atoms with van der Waals surface area (Å²) in [6, 6.07) is 0. The number of likely N-dealkylation sites (tertiary alicyclic amines) is 1. The van der Waals surface area contributed by atoms with Crippen LogP contribution in [0.15, 0.2) is 12.2 Å². The highest BCUT2D eigenvalue weighted by atomic mass is 16.4. The Labute approximate surface area is 93.4 Å². The summed E-state index contributed by atoms with van der Waals surface area (Å²) in [7, 11) is 0. The molecule has 5 nitrogen and oxygen atoms in total. The van der Waals surface area contributed by atoms with Gasteiger partial charge in [-0.3, -0.25) is 9.59 Å². The highest BCUT2D eigenvalue weighted by Gasteiger charge is 2.39. The predicted molar refractivity (Wildman–Crippen MR) is 55.6 cm³/mol. The molecule has 0 aromatic heterocycles. The van der Waals surface area contributed by atoms with E-state index in [-0.39, 0.29) is 5.91 Å². The minimum absolute atomic E-state index is 0.137. The number of aliphatic carboxylic acids is 1. The molecule has 0 aromatic carbocycles. The van der Waals surface area contributed by atoms with Gasteiger partial charge in [0.2, 0.25) is 5.91 Å². The van der Waals surface area contributed by atoms with Crippen LogP contribution in [0.1, 0.15) is 12.8 Å². The molecule has 0 aromatic rings. The number of allylic oxidation sites excluding steroid dienone is 2. The molecule has 2 N–H and O–H groups in total. The molecule has 1 amide bonds. The first-order valence-electron chi connectivity index (χ1n) is 5.44. The van der Waals surface area contributed by atoms with Crippen LogP contribution in [0.3, 0.4) is 0 Å². The van der Waals surface area contributed by atoms with Crippen molar-refractivity contribution < 1.29 is 19.8 Å². The number of nitrogens with zero attached hydrogens (tertiary/aromatic N) is 1. The number of carbonyl (C=O) groups is 2. The Morgan fingerprint density at radius 3 is 2.19 bits per heavy atom. The van der Waals surface area contributed by atoms with Gasteiger partial charge >= 0.3 is 5.97 Å². The highest BCUT2D eigenvalue weighted by molar-refractivity contribution is 5.85. The number of carboxylic acids is 1. The third kappa shape index (κ3) is 1.95. The van der Waals surface area contributed by atoms with Gasteiger partial charge in [-0.05, 0) is 12.8 Å². The van der Waals surface area contributed by atoms with E-state index in [4.69, 9.17) is 10.2 Å². The number of β-amino-alcohol motifs (C(OH)–C–C–N with tert-alkyl or cyclic N) is 1. The molecule has 1 saturated heterocycles. The number of rotatable bonds is 2. The number of hydrogen-bond acceptors (Lipinski definition) is 3. The third-order valence-electron chi connectivity index (χ3n) is 3.24. The van der Waals surface area contributed by atoms with Gasteiger partial charge < -0.3 is 15.1 Å². The van der Waals surface area contributed by atoms with E-state index in [0.717, 1.165) is 0 Å². The molecule has 2 unspecified atom stereocenters. The van der Waals surface area contributed by atoms with Crippen molar-refractivity contribution in [2.24, 2.45) is 11.8 Å². The van der Waals surface area contributed by atoms with Crippen LogP contribution in [-0.2, 0) is 9.59 Å². The van der Waals surface area contributed by atoms with E-state index in [0.29, 0.717) is 25.9 Å². The quantitative estimate of drug-likeness (QED) is 0.641. The first-order chi connectivity index (χ1) is 7.59. The van der Waals surface area contributed by atoms with E-state index in [2.05, 4.69) is 0 Å². The fraction of sp³-hybridized carbons (Fsp3) is 0.636. The smallest absolute Gasteiger partial charge is 0.307 e. The molecule has 0 radical (unpaired) electrons. The van der Waals surface area contributed by atoms with Crippen LogP contribution in [0, 0.1) is 11.8 Å². The lowest BCUT2D eigenvalue weighted by molar-refractivity contribution is -0.155. The molecule has 2 atom stereocenters. The maximum Gasteiger partial charge on any atom is 0.307 e. The fourth-order valence-corrected chi connectivity index (χ4v) is 2.23. The minimum atomic E-state index is -0.913. The standard InChI is InChI=1S/C11H15NO4/c13-7-5-12(6-7)10(14)8-3-1-2-4-9(8)11(15)16/h1-2,7-9,13H,3-6H2,(H,15,16). The summed E-state index contributed by atoms with van der Waals surface area (Å²) in [4.78, 5) is 24.5. The Hall–Kier alpha value is -1.36. The van der Waals surface area contributed by atoms with Crippen LogP contribution in [-0.4, -0.2) is 46.2 Å². The van der Waals surface area contributed by atoms with E-state index in [1.807, 2.05) is 12.2 Å². The molecular weight excluding hydrogens is 210 g/mol. The van der Waals surface area contributed by atoms with Gasteiger partial charge in [0.1, 0.15) is 0 Å². The minimum Gasteiger partial charge on any atom is -0.481 e. The van der Waals surface area contributed by atoms with Gasteiger partial charge in [0.05, 0.1) is 17.9 Å². The number of hydrogen-bond donors (Lipinski definition) is 2. The maximum absolute atomic E-state index is 12.0. The first kappa shape index (κ1) is 11.1. The second kappa shape index (κ2) is 4.25. The van der Waals surface area contributed by atoms with Gasteiger partial charge in [-0.1, -0.05) is 12.2 Å². The average Bonchev–Trinajstić information content (AvgIpc) is 2.24. The largest absolute Gasteiger partial charge is 0.481 e. The molecule has 0 bridgehead atoms. The molecule has 1 aliphatic carbocycles. The zero-order chi connectivity index (χ0) is 11.7. The van der Waals surface area contributed by atoms with Crippen molar-refractivity contribution in [2.75, 3.05) is 13.1 Å².